The first-order valence-corrected chi connectivity index (χ1v) is 12.9. The number of amides is 1. The number of likely N-dealkylation sites (N-methyl/N-ethyl adjacent to an activating group) is 1. The zero-order valence-corrected chi connectivity index (χ0v) is 22.6. The van der Waals surface area contributed by atoms with Gasteiger partial charge in [0.15, 0.2) is 12.4 Å². The van der Waals surface area contributed by atoms with Gasteiger partial charge in [-0.05, 0) is 44.3 Å². The number of ether oxygens (including phenoxy) is 3. The van der Waals surface area contributed by atoms with Gasteiger partial charge in [0.25, 0.3) is 5.91 Å². The number of nitriles is 1. The van der Waals surface area contributed by atoms with Crippen molar-refractivity contribution in [1.29, 1.82) is 5.26 Å². The van der Waals surface area contributed by atoms with Crippen LogP contribution in [0.2, 0.25) is 0 Å². The number of rotatable bonds is 7. The van der Waals surface area contributed by atoms with Crippen molar-refractivity contribution < 1.29 is 28.2 Å². The molecule has 2 aliphatic rings. The summed E-state index contributed by atoms with van der Waals surface area (Å²) in [5.74, 6) is -3.88. The summed E-state index contributed by atoms with van der Waals surface area (Å²) in [6.45, 7) is 3.71. The lowest BCUT2D eigenvalue weighted by Crippen LogP contribution is -2.56. The van der Waals surface area contributed by atoms with E-state index in [0.29, 0.717) is 28.6 Å². The average Bonchev–Trinajstić information content (AvgIpc) is 3.43. The number of carbonyl (C=O) groups is 2. The molecule has 0 unspecified atom stereocenters. The number of primary amides is 1. The van der Waals surface area contributed by atoms with Crippen LogP contribution in [-0.4, -0.2) is 89.8 Å². The van der Waals surface area contributed by atoms with E-state index in [1.54, 1.807) is 30.5 Å². The number of hydrogen-bond donors (Lipinski definition) is 2. The lowest BCUT2D eigenvalue weighted by Gasteiger charge is -2.40. The highest BCUT2D eigenvalue weighted by Crippen LogP contribution is 2.39. The van der Waals surface area contributed by atoms with Gasteiger partial charge in [-0.15, -0.1) is 0 Å². The summed E-state index contributed by atoms with van der Waals surface area (Å²) in [4.78, 5) is 46.6. The van der Waals surface area contributed by atoms with E-state index < -0.39 is 35.5 Å². The lowest BCUT2D eigenvalue weighted by molar-refractivity contribution is -0.293. The Morgan fingerprint density at radius 1 is 1.15 bits per heavy atom. The van der Waals surface area contributed by atoms with Gasteiger partial charge in [0.1, 0.15) is 17.3 Å². The van der Waals surface area contributed by atoms with Crippen molar-refractivity contribution in [1.82, 2.24) is 24.8 Å². The monoisotopic (exact) mass is 564 g/mol. The molecule has 3 N–H and O–H groups in total. The Bertz CT molecular complexity index is 1470. The van der Waals surface area contributed by atoms with Crippen LogP contribution in [0, 0.1) is 22.6 Å². The van der Waals surface area contributed by atoms with Crippen LogP contribution in [0.15, 0.2) is 36.5 Å². The number of nitrogens with one attached hydrogen (secondary N) is 1. The largest absolute Gasteiger partial charge is 0.450 e. The van der Waals surface area contributed by atoms with Gasteiger partial charge in [0, 0.05) is 37.9 Å². The second-order valence-electron chi connectivity index (χ2n) is 10.2. The summed E-state index contributed by atoms with van der Waals surface area (Å²) in [5.41, 5.74) is 6.22. The first-order chi connectivity index (χ1) is 19.6. The minimum atomic E-state index is -2.17. The van der Waals surface area contributed by atoms with Crippen LogP contribution in [0.3, 0.4) is 0 Å². The quantitative estimate of drug-likeness (QED) is 0.395. The van der Waals surface area contributed by atoms with Crippen molar-refractivity contribution in [2.75, 3.05) is 57.9 Å². The van der Waals surface area contributed by atoms with E-state index in [9.17, 15) is 14.0 Å². The van der Waals surface area contributed by atoms with Crippen molar-refractivity contribution in [2.45, 2.75) is 12.7 Å². The highest BCUT2D eigenvalue weighted by Gasteiger charge is 2.54. The van der Waals surface area contributed by atoms with Crippen LogP contribution >= 0.6 is 0 Å². The molecule has 2 saturated heterocycles. The number of aromatic nitrogens is 4. The molecular formula is C27H29FN8O5. The SMILES string of the molecule is CN1CCN(c2nccc(-c3[nH]c(C4(C(N)=O)OCC(C)(C(=O)OCC#N)CO4)nc3-c3ccc(F)cc3)n2)CC1. The van der Waals surface area contributed by atoms with E-state index in [1.165, 1.54) is 19.1 Å². The lowest BCUT2D eigenvalue weighted by atomic mass is 9.91. The predicted molar refractivity (Wildman–Crippen MR) is 142 cm³/mol. The van der Waals surface area contributed by atoms with Crippen LogP contribution in [0.25, 0.3) is 22.6 Å². The summed E-state index contributed by atoms with van der Waals surface area (Å²) >= 11 is 0. The topological polar surface area (TPSA) is 173 Å². The molecule has 5 rings (SSSR count). The molecule has 1 aromatic carbocycles. The summed E-state index contributed by atoms with van der Waals surface area (Å²) in [6.07, 6.45) is 1.63. The Morgan fingerprint density at radius 3 is 2.46 bits per heavy atom. The third-order valence-corrected chi connectivity index (χ3v) is 7.09. The third kappa shape index (κ3) is 5.47. The number of anilines is 1. The number of hydrogen-bond acceptors (Lipinski definition) is 11. The Balaban J connectivity index is 1.54. The average molecular weight is 565 g/mol. The summed E-state index contributed by atoms with van der Waals surface area (Å²) in [6, 6.07) is 9.09. The molecule has 13 nitrogen and oxygen atoms in total. The van der Waals surface area contributed by atoms with Crippen LogP contribution in [-0.2, 0) is 29.6 Å². The zero-order valence-electron chi connectivity index (χ0n) is 22.6. The van der Waals surface area contributed by atoms with Gasteiger partial charge in [0.05, 0.1) is 30.3 Å². The molecule has 214 valence electrons. The van der Waals surface area contributed by atoms with Gasteiger partial charge in [-0.1, -0.05) is 0 Å². The van der Waals surface area contributed by atoms with Gasteiger partial charge >= 0.3 is 11.8 Å². The Hall–Kier alpha value is -4.45. The van der Waals surface area contributed by atoms with Gasteiger partial charge in [-0.3, -0.25) is 9.59 Å². The number of benzene rings is 1. The molecular weight excluding hydrogens is 535 g/mol. The summed E-state index contributed by atoms with van der Waals surface area (Å²) < 4.78 is 30.4. The molecule has 14 heteroatoms. The number of nitrogens with two attached hydrogens (primary N) is 1. The zero-order chi connectivity index (χ0) is 29.2. The van der Waals surface area contributed by atoms with Gasteiger partial charge in [-0.2, -0.15) is 5.26 Å². The maximum absolute atomic E-state index is 13.8. The van der Waals surface area contributed by atoms with Crippen LogP contribution < -0.4 is 10.6 Å². The molecule has 0 atom stereocenters. The first kappa shape index (κ1) is 28.1. The predicted octanol–water partition coefficient (Wildman–Crippen LogP) is 1.18. The van der Waals surface area contributed by atoms with E-state index in [2.05, 4.69) is 31.8 Å². The van der Waals surface area contributed by atoms with Gasteiger partial charge in [0.2, 0.25) is 5.95 Å². The molecule has 2 aromatic heterocycles. The van der Waals surface area contributed by atoms with Crippen LogP contribution in [0.1, 0.15) is 12.7 Å². The fourth-order valence-corrected chi connectivity index (χ4v) is 4.57. The third-order valence-electron chi connectivity index (χ3n) is 7.09. The maximum atomic E-state index is 13.8. The number of H-pyrrole nitrogens is 1. The molecule has 2 aliphatic heterocycles. The first-order valence-electron chi connectivity index (χ1n) is 12.9. The number of carbonyl (C=O) groups excluding carboxylic acids is 2. The smallest absolute Gasteiger partial charge is 0.317 e. The number of nitrogens with zero attached hydrogens (tertiary/aromatic N) is 6. The van der Waals surface area contributed by atoms with Crippen molar-refractivity contribution in [2.24, 2.45) is 11.1 Å². The number of piperazine rings is 1. The molecule has 0 radical (unpaired) electrons. The van der Waals surface area contributed by atoms with Gasteiger partial charge in [-0.25, -0.2) is 19.3 Å². The second kappa shape index (κ2) is 11.2. The van der Waals surface area contributed by atoms with Crippen LogP contribution in [0.5, 0.6) is 0 Å². The van der Waals surface area contributed by atoms with E-state index in [4.69, 9.17) is 30.2 Å². The summed E-state index contributed by atoms with van der Waals surface area (Å²) in [5, 5.41) is 8.74. The number of imidazole rings is 1. The second-order valence-corrected chi connectivity index (χ2v) is 10.2. The number of halogens is 1. The maximum Gasteiger partial charge on any atom is 0.317 e. The summed E-state index contributed by atoms with van der Waals surface area (Å²) in [7, 11) is 2.05. The Labute approximate surface area is 235 Å². The minimum absolute atomic E-state index is 0.0773. The highest BCUT2D eigenvalue weighted by atomic mass is 19.1. The molecule has 0 aliphatic carbocycles. The molecule has 0 spiro atoms. The fourth-order valence-electron chi connectivity index (χ4n) is 4.57. The van der Waals surface area contributed by atoms with Crippen LogP contribution in [0.4, 0.5) is 10.3 Å². The highest BCUT2D eigenvalue weighted by molar-refractivity contribution is 5.85. The van der Waals surface area contributed by atoms with Gasteiger partial charge < -0.3 is 34.7 Å². The van der Waals surface area contributed by atoms with Crippen molar-refractivity contribution in [3.05, 3.63) is 48.2 Å². The molecule has 2 fully saturated rings. The van der Waals surface area contributed by atoms with Crippen molar-refractivity contribution >= 4 is 17.8 Å². The molecule has 4 heterocycles. The van der Waals surface area contributed by atoms with E-state index >= 15 is 0 Å². The number of esters is 1. The molecule has 0 saturated carbocycles. The van der Waals surface area contributed by atoms with Crippen molar-refractivity contribution in [3.63, 3.8) is 0 Å². The molecule has 1 amide bonds. The Morgan fingerprint density at radius 2 is 1.83 bits per heavy atom. The van der Waals surface area contributed by atoms with E-state index in [0.717, 1.165) is 26.2 Å². The number of aromatic amines is 1. The molecule has 0 bridgehead atoms. The fraction of sp³-hybridized carbons (Fsp3) is 0.407. The Kier molecular flexibility index (Phi) is 7.68. The standard InChI is InChI=1S/C27H29FN8O5/c1-26(24(38)39-14-8-29)15-40-27(22(30)37,41-16-26)23-33-20(17-3-5-18(28)6-4-17)21(34-23)19-7-9-31-25(32-19)36-12-10-35(2)11-13-36/h3-7,9H,10-16H2,1-2H3,(H2,30,37)(H,33,34). The normalized spacial score (nSPS) is 23.1. The minimum Gasteiger partial charge on any atom is -0.450 e. The molecule has 41 heavy (non-hydrogen) atoms. The van der Waals surface area contributed by atoms with Crippen molar-refractivity contribution in [3.8, 4) is 28.7 Å². The van der Waals surface area contributed by atoms with E-state index in [-0.39, 0.29) is 19.0 Å². The molecule has 3 aromatic rings. The van der Waals surface area contributed by atoms with E-state index in [1.807, 2.05) is 0 Å².